The number of nitrogens with one attached hydrogen (secondary N) is 1. The Morgan fingerprint density at radius 2 is 2.05 bits per heavy atom. The average Bonchev–Trinajstić information content (AvgIpc) is 2.40. The maximum Gasteiger partial charge on any atom is 0.123 e. The number of nitrogens with zero attached hydrogens (tertiary/aromatic N) is 1. The normalized spacial score (nSPS) is 16.9. The number of rotatable bonds is 5. The van der Waals surface area contributed by atoms with Crippen LogP contribution in [0.1, 0.15) is 19.4 Å². The van der Waals surface area contributed by atoms with Gasteiger partial charge in [0.1, 0.15) is 5.82 Å². The second-order valence-corrected chi connectivity index (χ2v) is 7.33. The van der Waals surface area contributed by atoms with Gasteiger partial charge in [0.25, 0.3) is 0 Å². The second-order valence-electron chi connectivity index (χ2n) is 5.63. The highest BCUT2D eigenvalue weighted by molar-refractivity contribution is 7.85. The summed E-state index contributed by atoms with van der Waals surface area (Å²) < 4.78 is 24.9. The Morgan fingerprint density at radius 1 is 1.35 bits per heavy atom. The van der Waals surface area contributed by atoms with Gasteiger partial charge in [-0.2, -0.15) is 0 Å². The van der Waals surface area contributed by atoms with Gasteiger partial charge in [-0.1, -0.05) is 13.8 Å². The molecule has 0 amide bonds. The quantitative estimate of drug-likeness (QED) is 0.904. The summed E-state index contributed by atoms with van der Waals surface area (Å²) in [7, 11) is -0.689. The molecule has 3 nitrogen and oxygen atoms in total. The summed E-state index contributed by atoms with van der Waals surface area (Å²) in [6.45, 7) is 7.47. The molecule has 0 aromatic heterocycles. The standard InChI is InChI=1S/C15H23FN2OS/c1-12(2)10-17-11-13-9-14(16)3-4-15(13)18-5-7-20(19)8-6-18/h3-4,9,12,17H,5-8,10-11H2,1-2H3. The van der Waals surface area contributed by atoms with Crippen LogP contribution in [0.25, 0.3) is 0 Å². The van der Waals surface area contributed by atoms with Gasteiger partial charge < -0.3 is 10.2 Å². The monoisotopic (exact) mass is 298 g/mol. The molecule has 0 saturated carbocycles. The predicted octanol–water partition coefficient (Wildman–Crippen LogP) is 2.14. The van der Waals surface area contributed by atoms with E-state index in [1.807, 2.05) is 6.07 Å². The summed E-state index contributed by atoms with van der Waals surface area (Å²) in [5.41, 5.74) is 2.05. The minimum atomic E-state index is -0.689. The van der Waals surface area contributed by atoms with E-state index in [-0.39, 0.29) is 5.82 Å². The molecular weight excluding hydrogens is 275 g/mol. The van der Waals surface area contributed by atoms with E-state index >= 15 is 0 Å². The fourth-order valence-electron chi connectivity index (χ4n) is 2.38. The number of hydrogen-bond acceptors (Lipinski definition) is 3. The van der Waals surface area contributed by atoms with Crippen molar-refractivity contribution in [3.05, 3.63) is 29.6 Å². The lowest BCUT2D eigenvalue weighted by molar-refractivity contribution is 0.549. The van der Waals surface area contributed by atoms with Crippen LogP contribution in [0.15, 0.2) is 18.2 Å². The average molecular weight is 298 g/mol. The Morgan fingerprint density at radius 3 is 2.70 bits per heavy atom. The second kappa shape index (κ2) is 7.18. The first-order chi connectivity index (χ1) is 9.56. The molecule has 20 heavy (non-hydrogen) atoms. The molecule has 0 bridgehead atoms. The third-order valence-corrected chi connectivity index (χ3v) is 4.70. The predicted molar refractivity (Wildman–Crippen MR) is 83.0 cm³/mol. The van der Waals surface area contributed by atoms with Crippen molar-refractivity contribution >= 4 is 16.5 Å². The third-order valence-electron chi connectivity index (χ3n) is 3.43. The van der Waals surface area contributed by atoms with Crippen LogP contribution < -0.4 is 10.2 Å². The molecule has 2 rings (SSSR count). The van der Waals surface area contributed by atoms with E-state index in [4.69, 9.17) is 0 Å². The molecule has 112 valence electrons. The molecule has 1 fully saturated rings. The molecule has 0 unspecified atom stereocenters. The first-order valence-electron chi connectivity index (χ1n) is 7.15. The van der Waals surface area contributed by atoms with Gasteiger partial charge in [0.15, 0.2) is 0 Å². The van der Waals surface area contributed by atoms with E-state index in [0.717, 1.165) is 30.9 Å². The van der Waals surface area contributed by atoms with Crippen molar-refractivity contribution in [1.82, 2.24) is 5.32 Å². The Balaban J connectivity index is 2.08. The van der Waals surface area contributed by atoms with E-state index in [0.29, 0.717) is 24.0 Å². The minimum absolute atomic E-state index is 0.198. The SMILES string of the molecule is CC(C)CNCc1cc(F)ccc1N1CCS(=O)CC1. The van der Waals surface area contributed by atoms with Crippen molar-refractivity contribution in [2.75, 3.05) is 36.0 Å². The Bertz CT molecular complexity index is 469. The van der Waals surface area contributed by atoms with Crippen LogP contribution in [0, 0.1) is 11.7 Å². The van der Waals surface area contributed by atoms with Crippen molar-refractivity contribution in [3.8, 4) is 0 Å². The fraction of sp³-hybridized carbons (Fsp3) is 0.600. The van der Waals surface area contributed by atoms with Crippen LogP contribution in [0.2, 0.25) is 0 Å². The molecule has 0 aliphatic carbocycles. The van der Waals surface area contributed by atoms with Crippen LogP contribution in [-0.4, -0.2) is 35.3 Å². The number of benzene rings is 1. The molecular formula is C15H23FN2OS. The molecule has 1 heterocycles. The number of halogens is 1. The highest BCUT2D eigenvalue weighted by Gasteiger charge is 2.18. The molecule has 0 radical (unpaired) electrons. The zero-order valence-electron chi connectivity index (χ0n) is 12.2. The molecule has 1 N–H and O–H groups in total. The fourth-order valence-corrected chi connectivity index (χ4v) is 3.43. The van der Waals surface area contributed by atoms with Crippen LogP contribution in [0.4, 0.5) is 10.1 Å². The molecule has 1 saturated heterocycles. The van der Waals surface area contributed by atoms with Gasteiger partial charge in [-0.05, 0) is 36.2 Å². The Labute approximate surface area is 123 Å². The van der Waals surface area contributed by atoms with E-state index in [1.165, 1.54) is 6.07 Å². The maximum absolute atomic E-state index is 13.5. The van der Waals surface area contributed by atoms with Gasteiger partial charge in [-0.15, -0.1) is 0 Å². The van der Waals surface area contributed by atoms with Crippen molar-refractivity contribution in [2.45, 2.75) is 20.4 Å². The van der Waals surface area contributed by atoms with Gasteiger partial charge in [0, 0.05) is 47.6 Å². The van der Waals surface area contributed by atoms with Crippen LogP contribution >= 0.6 is 0 Å². The summed E-state index contributed by atoms with van der Waals surface area (Å²) in [5.74, 6) is 1.78. The number of anilines is 1. The van der Waals surface area contributed by atoms with E-state index in [1.54, 1.807) is 6.07 Å². The van der Waals surface area contributed by atoms with Crippen molar-refractivity contribution in [1.29, 1.82) is 0 Å². The zero-order valence-corrected chi connectivity index (χ0v) is 13.0. The van der Waals surface area contributed by atoms with Gasteiger partial charge in [-0.3, -0.25) is 4.21 Å². The lowest BCUT2D eigenvalue weighted by Gasteiger charge is -2.30. The summed E-state index contributed by atoms with van der Waals surface area (Å²) in [6, 6.07) is 4.96. The van der Waals surface area contributed by atoms with E-state index in [2.05, 4.69) is 24.1 Å². The van der Waals surface area contributed by atoms with Gasteiger partial charge in [0.2, 0.25) is 0 Å². The highest BCUT2D eigenvalue weighted by Crippen LogP contribution is 2.23. The lowest BCUT2D eigenvalue weighted by atomic mass is 10.1. The Hall–Kier alpha value is -0.940. The molecule has 1 aliphatic rings. The largest absolute Gasteiger partial charge is 0.369 e. The van der Waals surface area contributed by atoms with Crippen molar-refractivity contribution in [3.63, 3.8) is 0 Å². The summed E-state index contributed by atoms with van der Waals surface area (Å²) in [4.78, 5) is 2.22. The van der Waals surface area contributed by atoms with Crippen LogP contribution in [0.3, 0.4) is 0 Å². The van der Waals surface area contributed by atoms with Gasteiger partial charge in [0.05, 0.1) is 0 Å². The minimum Gasteiger partial charge on any atom is -0.369 e. The van der Waals surface area contributed by atoms with Crippen molar-refractivity contribution < 1.29 is 8.60 Å². The highest BCUT2D eigenvalue weighted by atomic mass is 32.2. The Kier molecular flexibility index (Phi) is 5.54. The zero-order chi connectivity index (χ0) is 14.5. The summed E-state index contributed by atoms with van der Waals surface area (Å²) >= 11 is 0. The topological polar surface area (TPSA) is 32.3 Å². The van der Waals surface area contributed by atoms with E-state index < -0.39 is 10.8 Å². The molecule has 5 heteroatoms. The third kappa shape index (κ3) is 4.28. The summed E-state index contributed by atoms with van der Waals surface area (Å²) in [6.07, 6.45) is 0. The van der Waals surface area contributed by atoms with Crippen LogP contribution in [0.5, 0.6) is 0 Å². The molecule has 1 aliphatic heterocycles. The first-order valence-corrected chi connectivity index (χ1v) is 8.64. The van der Waals surface area contributed by atoms with Gasteiger partial charge in [-0.25, -0.2) is 4.39 Å². The molecule has 1 aromatic carbocycles. The molecule has 1 aromatic rings. The molecule has 0 spiro atoms. The van der Waals surface area contributed by atoms with Gasteiger partial charge >= 0.3 is 0 Å². The van der Waals surface area contributed by atoms with Crippen molar-refractivity contribution in [2.24, 2.45) is 5.92 Å². The molecule has 0 atom stereocenters. The van der Waals surface area contributed by atoms with E-state index in [9.17, 15) is 8.60 Å². The smallest absolute Gasteiger partial charge is 0.123 e. The summed E-state index contributed by atoms with van der Waals surface area (Å²) in [5, 5.41) is 3.36. The van der Waals surface area contributed by atoms with Crippen LogP contribution in [-0.2, 0) is 17.3 Å². The maximum atomic E-state index is 13.5. The lowest BCUT2D eigenvalue weighted by Crippen LogP contribution is -2.38. The number of hydrogen-bond donors (Lipinski definition) is 1. The first kappa shape index (κ1) is 15.4.